The predicted molar refractivity (Wildman–Crippen MR) is 115 cm³/mol. The van der Waals surface area contributed by atoms with Crippen molar-refractivity contribution in [1.29, 1.82) is 0 Å². The van der Waals surface area contributed by atoms with Gasteiger partial charge in [-0.15, -0.1) is 0 Å². The highest BCUT2D eigenvalue weighted by molar-refractivity contribution is 7.15. The Hall–Kier alpha value is -3.35. The third-order valence-electron chi connectivity index (χ3n) is 4.44. The highest BCUT2D eigenvalue weighted by atomic mass is 35.5. The van der Waals surface area contributed by atoms with E-state index >= 15 is 0 Å². The molecule has 1 aliphatic rings. The summed E-state index contributed by atoms with van der Waals surface area (Å²) in [6.45, 7) is 0.278. The second-order valence-corrected chi connectivity index (χ2v) is 7.44. The van der Waals surface area contributed by atoms with Crippen molar-refractivity contribution < 1.29 is 26.6 Å². The number of hydrogen-bond acceptors (Lipinski definition) is 5. The Morgan fingerprint density at radius 3 is 2.40 bits per heavy atom. The zero-order valence-corrected chi connectivity index (χ0v) is 17.4. The first kappa shape index (κ1) is 19.9. The number of anilines is 2. The van der Waals surface area contributed by atoms with Gasteiger partial charge in [0.2, 0.25) is 12.5 Å². The number of ether oxygens (including phenoxy) is 2. The number of para-hydroxylation sites is 2. The van der Waals surface area contributed by atoms with E-state index in [0.717, 1.165) is 38.6 Å². The Bertz CT molecular complexity index is 1160. The second-order valence-electron chi connectivity index (χ2n) is 6.43. The van der Waals surface area contributed by atoms with E-state index in [-0.39, 0.29) is 19.2 Å². The molecule has 0 unspecified atom stereocenters. The zero-order valence-electron chi connectivity index (χ0n) is 15.9. The first-order valence-electron chi connectivity index (χ1n) is 9.23. The van der Waals surface area contributed by atoms with Crippen LogP contribution in [0.1, 0.15) is 10.6 Å². The summed E-state index contributed by atoms with van der Waals surface area (Å²) in [5.41, 5.74) is 3.06. The van der Waals surface area contributed by atoms with Crippen LogP contribution in [-0.4, -0.2) is 11.9 Å². The molecule has 30 heavy (non-hydrogen) atoms. The van der Waals surface area contributed by atoms with E-state index < -0.39 is 0 Å². The van der Waals surface area contributed by atoms with Crippen LogP contribution >= 0.6 is 11.3 Å². The van der Waals surface area contributed by atoms with Gasteiger partial charge in [-0.25, -0.2) is 0 Å². The summed E-state index contributed by atoms with van der Waals surface area (Å²) in [4.78, 5) is 0. The van der Waals surface area contributed by atoms with E-state index in [1.54, 1.807) is 11.3 Å². The van der Waals surface area contributed by atoms with Gasteiger partial charge >= 0.3 is 0 Å². The fraction of sp³-hybridized carbons (Fsp3) is 0.0435. The van der Waals surface area contributed by atoms with Crippen molar-refractivity contribution in [2.24, 2.45) is 0 Å². The molecule has 0 atom stereocenters. The van der Waals surface area contributed by atoms with Crippen LogP contribution in [0.5, 0.6) is 11.5 Å². The van der Waals surface area contributed by atoms with E-state index in [0.29, 0.717) is 0 Å². The van der Waals surface area contributed by atoms with Crippen molar-refractivity contribution in [3.05, 3.63) is 89.4 Å². The van der Waals surface area contributed by atoms with Crippen LogP contribution in [-0.2, 0) is 0 Å². The Morgan fingerprint density at radius 2 is 1.60 bits per heavy atom. The molecule has 0 spiro atoms. The van der Waals surface area contributed by atoms with Gasteiger partial charge < -0.3 is 27.2 Å². The molecule has 0 radical (unpaired) electrons. The largest absolute Gasteiger partial charge is 1.00 e. The Labute approximate surface area is 184 Å². The molecule has 5 rings (SSSR count). The predicted octanol–water partition coefficient (Wildman–Crippen LogP) is 2.07. The van der Waals surface area contributed by atoms with E-state index in [1.165, 1.54) is 0 Å². The molecule has 0 fully saturated rings. The van der Waals surface area contributed by atoms with E-state index in [4.69, 9.17) is 14.6 Å². The second kappa shape index (κ2) is 8.98. The average Bonchev–Trinajstić information content (AvgIpc) is 3.40. The molecule has 2 heterocycles. The van der Waals surface area contributed by atoms with Crippen molar-refractivity contribution in [2.45, 2.75) is 0 Å². The molecule has 0 bridgehead atoms. The molecule has 0 aliphatic carbocycles. The molecule has 4 aromatic rings. The van der Waals surface area contributed by atoms with Gasteiger partial charge in [-0.05, 0) is 51.9 Å². The van der Waals surface area contributed by atoms with Crippen LogP contribution in [0.4, 0.5) is 10.8 Å². The SMILES string of the molecule is C(=C\c1sc(Nc2ccccc2)n[n+]1-c1ccccc1)/c1ccc2c(c1)OCO2.[Cl-]. The molecule has 3 aromatic carbocycles. The lowest BCUT2D eigenvalue weighted by Gasteiger charge is -1.97. The molecule has 5 nitrogen and oxygen atoms in total. The minimum atomic E-state index is 0. The lowest BCUT2D eigenvalue weighted by Crippen LogP contribution is -3.00. The Kier molecular flexibility index (Phi) is 5.97. The lowest BCUT2D eigenvalue weighted by molar-refractivity contribution is -0.654. The average molecular weight is 436 g/mol. The minimum Gasteiger partial charge on any atom is -1.00 e. The smallest absolute Gasteiger partial charge is 0.297 e. The third-order valence-corrected chi connectivity index (χ3v) is 5.34. The third kappa shape index (κ3) is 4.30. The van der Waals surface area contributed by atoms with Crippen LogP contribution in [0.15, 0.2) is 78.9 Å². The Morgan fingerprint density at radius 1 is 0.867 bits per heavy atom. The highest BCUT2D eigenvalue weighted by Gasteiger charge is 2.20. The van der Waals surface area contributed by atoms with Crippen LogP contribution in [0.2, 0.25) is 0 Å². The van der Waals surface area contributed by atoms with Gasteiger partial charge in [0, 0.05) is 29.0 Å². The van der Waals surface area contributed by atoms with Gasteiger partial charge in [-0.1, -0.05) is 42.5 Å². The summed E-state index contributed by atoms with van der Waals surface area (Å²) in [5, 5.41) is 9.99. The molecule has 7 heteroatoms. The van der Waals surface area contributed by atoms with Crippen LogP contribution in [0.3, 0.4) is 0 Å². The molecule has 1 aromatic heterocycles. The van der Waals surface area contributed by atoms with E-state index in [9.17, 15) is 0 Å². The van der Waals surface area contributed by atoms with Crippen molar-refractivity contribution in [2.75, 3.05) is 12.1 Å². The van der Waals surface area contributed by atoms with Crippen LogP contribution in [0, 0.1) is 0 Å². The Balaban J connectivity index is 0.00000218. The number of hydrogen-bond donors (Lipinski definition) is 1. The molecular weight excluding hydrogens is 418 g/mol. The molecule has 0 amide bonds. The van der Waals surface area contributed by atoms with Crippen LogP contribution in [0.25, 0.3) is 17.8 Å². The number of rotatable bonds is 5. The number of halogens is 1. The maximum absolute atomic E-state index is 5.47. The van der Waals surface area contributed by atoms with Gasteiger partial charge in [0.15, 0.2) is 11.5 Å². The summed E-state index contributed by atoms with van der Waals surface area (Å²) in [6.07, 6.45) is 4.12. The molecule has 150 valence electrons. The molecule has 1 N–H and O–H groups in total. The molecule has 0 saturated carbocycles. The monoisotopic (exact) mass is 435 g/mol. The van der Waals surface area contributed by atoms with Gasteiger partial charge in [0.05, 0.1) is 0 Å². The number of nitrogens with zero attached hydrogens (tertiary/aromatic N) is 2. The topological polar surface area (TPSA) is 47.3 Å². The number of nitrogens with one attached hydrogen (secondary N) is 1. The lowest BCUT2D eigenvalue weighted by atomic mass is 10.2. The summed E-state index contributed by atoms with van der Waals surface area (Å²) in [5.74, 6) is 1.56. The quantitative estimate of drug-likeness (QED) is 0.487. The number of fused-ring (bicyclic) bond motifs is 1. The summed E-state index contributed by atoms with van der Waals surface area (Å²) >= 11 is 1.59. The van der Waals surface area contributed by atoms with Crippen molar-refractivity contribution >= 4 is 34.3 Å². The summed E-state index contributed by atoms with van der Waals surface area (Å²) in [6, 6.07) is 26.1. The van der Waals surface area contributed by atoms with Gasteiger partial charge in [0.25, 0.3) is 10.1 Å². The fourth-order valence-corrected chi connectivity index (χ4v) is 3.90. The fourth-order valence-electron chi connectivity index (χ4n) is 3.04. The van der Waals surface area contributed by atoms with Gasteiger partial charge in [0.1, 0.15) is 0 Å². The van der Waals surface area contributed by atoms with Crippen molar-refractivity contribution in [3.63, 3.8) is 0 Å². The maximum Gasteiger partial charge on any atom is 0.297 e. The first-order chi connectivity index (χ1) is 14.3. The van der Waals surface area contributed by atoms with Crippen molar-refractivity contribution in [3.8, 4) is 17.2 Å². The van der Waals surface area contributed by atoms with Gasteiger partial charge in [-0.2, -0.15) is 0 Å². The normalized spacial score (nSPS) is 12.0. The highest BCUT2D eigenvalue weighted by Crippen LogP contribution is 2.33. The minimum absolute atomic E-state index is 0. The number of aromatic nitrogens is 2. The van der Waals surface area contributed by atoms with Crippen molar-refractivity contribution in [1.82, 2.24) is 5.10 Å². The van der Waals surface area contributed by atoms with Crippen LogP contribution < -0.4 is 31.9 Å². The summed E-state index contributed by atoms with van der Waals surface area (Å²) < 4.78 is 12.8. The summed E-state index contributed by atoms with van der Waals surface area (Å²) in [7, 11) is 0. The molecular formula is C23H18ClN3O2S. The van der Waals surface area contributed by atoms with E-state index in [2.05, 4.69) is 17.5 Å². The van der Waals surface area contributed by atoms with E-state index in [1.807, 2.05) is 83.5 Å². The first-order valence-corrected chi connectivity index (χ1v) is 10.1. The maximum atomic E-state index is 5.47. The molecule has 1 aliphatic heterocycles. The van der Waals surface area contributed by atoms with Gasteiger partial charge in [-0.3, -0.25) is 0 Å². The standard InChI is InChI=1S/C23H18N3O2S.ClH/c1-3-7-18(8-4-1)24-23-25-26(19-9-5-2-6-10-19)22(29-23)14-12-17-11-13-20-21(15-17)28-16-27-20;/h1-15H,16H2,(H,24,25);1H/q+1;/p-1/b14-12+;. The number of benzene rings is 3. The zero-order chi connectivity index (χ0) is 19.5. The molecule has 0 saturated heterocycles.